The van der Waals surface area contributed by atoms with E-state index in [0.717, 1.165) is 50.5 Å². The maximum Gasteiger partial charge on any atom is 0.224 e. The van der Waals surface area contributed by atoms with Crippen LogP contribution in [0.4, 0.5) is 11.8 Å². The van der Waals surface area contributed by atoms with E-state index < -0.39 is 0 Å². The van der Waals surface area contributed by atoms with Gasteiger partial charge in [-0.05, 0) is 6.42 Å². The molecule has 0 aliphatic carbocycles. The summed E-state index contributed by atoms with van der Waals surface area (Å²) in [5, 5.41) is 3.33. The van der Waals surface area contributed by atoms with Gasteiger partial charge in [0.1, 0.15) is 0 Å². The Morgan fingerprint density at radius 2 is 2.04 bits per heavy atom. The van der Waals surface area contributed by atoms with Crippen LogP contribution >= 0.6 is 0 Å². The first-order valence-corrected chi connectivity index (χ1v) is 10.3. The summed E-state index contributed by atoms with van der Waals surface area (Å²) in [6, 6.07) is 0. The first kappa shape index (κ1) is 20.3. The molecule has 1 aliphatic heterocycles. The summed E-state index contributed by atoms with van der Waals surface area (Å²) in [7, 11) is 1.88. The number of anilines is 2. The first-order chi connectivity index (χ1) is 13.6. The maximum atomic E-state index is 12.4. The minimum absolute atomic E-state index is 0.141. The molecule has 1 aliphatic rings. The largest absolute Gasteiger partial charge is 0.368 e. The molecule has 0 unspecified atom stereocenters. The summed E-state index contributed by atoms with van der Waals surface area (Å²) in [6.45, 7) is 7.07. The van der Waals surface area contributed by atoms with E-state index in [4.69, 9.17) is 5.73 Å². The monoisotopic (exact) mass is 388 g/mol. The van der Waals surface area contributed by atoms with Crippen LogP contribution < -0.4 is 16.0 Å². The summed E-state index contributed by atoms with van der Waals surface area (Å²) >= 11 is 0. The molecule has 154 valence electrons. The Morgan fingerprint density at radius 1 is 1.25 bits per heavy atom. The normalized spacial score (nSPS) is 14.6. The molecular weight excluding hydrogens is 356 g/mol. The molecule has 2 aromatic rings. The van der Waals surface area contributed by atoms with Crippen molar-refractivity contribution in [1.29, 1.82) is 0 Å². The highest BCUT2D eigenvalue weighted by Gasteiger charge is 2.20. The molecule has 0 saturated carbocycles. The van der Waals surface area contributed by atoms with E-state index in [1.807, 2.05) is 16.5 Å². The Kier molecular flexibility index (Phi) is 7.02. The van der Waals surface area contributed by atoms with Gasteiger partial charge in [0.05, 0.1) is 6.33 Å². The van der Waals surface area contributed by atoms with E-state index in [2.05, 4.69) is 32.1 Å². The van der Waals surface area contributed by atoms with E-state index in [1.165, 1.54) is 19.3 Å². The Balaban J connectivity index is 1.65. The molecule has 0 radical (unpaired) electrons. The Bertz CT molecular complexity index is 784. The van der Waals surface area contributed by atoms with Crippen molar-refractivity contribution in [3.8, 4) is 0 Å². The minimum Gasteiger partial charge on any atom is -0.368 e. The van der Waals surface area contributed by atoms with Gasteiger partial charge in [0, 0.05) is 52.7 Å². The second kappa shape index (κ2) is 9.68. The number of amides is 1. The number of carbonyl (C=O) groups excluding carboxylic acids is 1. The van der Waals surface area contributed by atoms with Crippen LogP contribution in [0, 0.1) is 0 Å². The molecule has 3 heterocycles. The average molecular weight is 389 g/mol. The predicted molar refractivity (Wildman–Crippen MR) is 111 cm³/mol. The van der Waals surface area contributed by atoms with E-state index in [1.54, 1.807) is 6.33 Å². The lowest BCUT2D eigenvalue weighted by molar-refractivity contribution is -0.130. The highest BCUT2D eigenvalue weighted by molar-refractivity contribution is 5.85. The second-order valence-corrected chi connectivity index (χ2v) is 7.38. The third-order valence-electron chi connectivity index (χ3n) is 5.22. The van der Waals surface area contributed by atoms with Gasteiger partial charge in [0.2, 0.25) is 11.9 Å². The van der Waals surface area contributed by atoms with Gasteiger partial charge in [-0.1, -0.05) is 26.2 Å². The number of carbonyl (C=O) groups is 1. The van der Waals surface area contributed by atoms with Gasteiger partial charge in [-0.2, -0.15) is 9.97 Å². The molecule has 0 bridgehead atoms. The molecule has 3 N–H and O–H groups in total. The maximum absolute atomic E-state index is 12.4. The van der Waals surface area contributed by atoms with Crippen molar-refractivity contribution in [2.75, 3.05) is 50.4 Å². The fourth-order valence-corrected chi connectivity index (χ4v) is 3.51. The molecule has 1 fully saturated rings. The third kappa shape index (κ3) is 4.89. The van der Waals surface area contributed by atoms with Crippen molar-refractivity contribution in [1.82, 2.24) is 29.7 Å². The number of aryl methyl sites for hydroxylation is 1. The molecule has 3 rings (SSSR count). The second-order valence-electron chi connectivity index (χ2n) is 7.38. The molecule has 9 nitrogen and oxygen atoms in total. The Hall–Kier alpha value is -2.42. The Morgan fingerprint density at radius 3 is 2.79 bits per heavy atom. The fraction of sp³-hybridized carbons (Fsp3) is 0.684. The molecular formula is C19H32N8O. The topological polar surface area (TPSA) is 105 Å². The van der Waals surface area contributed by atoms with E-state index in [9.17, 15) is 4.79 Å². The number of aromatic nitrogens is 4. The van der Waals surface area contributed by atoms with Gasteiger partial charge in [0.15, 0.2) is 17.0 Å². The number of fused-ring (bicyclic) bond motifs is 1. The smallest absolute Gasteiger partial charge is 0.224 e. The fourth-order valence-electron chi connectivity index (χ4n) is 3.51. The number of nitrogens with zero attached hydrogens (tertiary/aromatic N) is 6. The van der Waals surface area contributed by atoms with Crippen LogP contribution in [0.2, 0.25) is 0 Å². The van der Waals surface area contributed by atoms with Gasteiger partial charge in [-0.3, -0.25) is 4.79 Å². The number of nitrogen functional groups attached to an aromatic ring is 1. The van der Waals surface area contributed by atoms with E-state index >= 15 is 0 Å². The summed E-state index contributed by atoms with van der Waals surface area (Å²) < 4.78 is 1.90. The number of piperazine rings is 1. The Labute approximate surface area is 166 Å². The lowest BCUT2D eigenvalue weighted by Crippen LogP contribution is -2.44. The average Bonchev–Trinajstić information content (AvgIpc) is 3.12. The summed E-state index contributed by atoms with van der Waals surface area (Å²) in [6.07, 6.45) is 6.81. The molecule has 1 saturated heterocycles. The molecule has 2 aromatic heterocycles. The number of imidazole rings is 1. The van der Waals surface area contributed by atoms with Gasteiger partial charge in [-0.15, -0.1) is 0 Å². The number of rotatable bonds is 9. The van der Waals surface area contributed by atoms with Crippen LogP contribution in [0.1, 0.15) is 39.0 Å². The molecule has 9 heteroatoms. The van der Waals surface area contributed by atoms with Gasteiger partial charge in [0.25, 0.3) is 0 Å². The van der Waals surface area contributed by atoms with Crippen molar-refractivity contribution in [2.24, 2.45) is 0 Å². The number of hydrogen-bond donors (Lipinski definition) is 2. The van der Waals surface area contributed by atoms with Crippen molar-refractivity contribution in [3.05, 3.63) is 6.33 Å². The lowest BCUT2D eigenvalue weighted by atomic mass is 10.2. The minimum atomic E-state index is 0.141. The molecule has 1 amide bonds. The van der Waals surface area contributed by atoms with E-state index in [-0.39, 0.29) is 11.9 Å². The van der Waals surface area contributed by atoms with Gasteiger partial charge < -0.3 is 25.4 Å². The summed E-state index contributed by atoms with van der Waals surface area (Å²) in [5.41, 5.74) is 7.40. The van der Waals surface area contributed by atoms with Gasteiger partial charge >= 0.3 is 0 Å². The standard InChI is InChI=1S/C19H32N8O/c1-3-4-5-6-10-25(2)15(28)7-11-27-14-22-16-17(23-19(20)24-18(16)27)26-12-8-21-9-13-26/h14,21H,3-13H2,1-2H3,(H2,20,23,24). The molecule has 28 heavy (non-hydrogen) atoms. The van der Waals surface area contributed by atoms with Crippen LogP contribution in [0.5, 0.6) is 0 Å². The molecule has 0 aromatic carbocycles. The SMILES string of the molecule is CCCCCCN(C)C(=O)CCn1cnc2c(N3CCNCC3)nc(N)nc21. The number of nitrogens with two attached hydrogens (primary N) is 1. The van der Waals surface area contributed by atoms with Crippen LogP contribution in [0.3, 0.4) is 0 Å². The number of nitrogens with one attached hydrogen (secondary N) is 1. The summed E-state index contributed by atoms with van der Waals surface area (Å²) in [4.78, 5) is 29.8. The lowest BCUT2D eigenvalue weighted by Gasteiger charge is -2.28. The van der Waals surface area contributed by atoms with Gasteiger partial charge in [-0.25, -0.2) is 4.98 Å². The zero-order valence-corrected chi connectivity index (χ0v) is 17.0. The number of hydrogen-bond acceptors (Lipinski definition) is 7. The van der Waals surface area contributed by atoms with Crippen LogP contribution in [0.25, 0.3) is 11.2 Å². The van der Waals surface area contributed by atoms with Crippen LogP contribution in [-0.4, -0.2) is 70.1 Å². The quantitative estimate of drug-likeness (QED) is 0.623. The predicted octanol–water partition coefficient (Wildman–Crippen LogP) is 1.25. The van der Waals surface area contributed by atoms with Crippen molar-refractivity contribution < 1.29 is 4.79 Å². The summed E-state index contributed by atoms with van der Waals surface area (Å²) in [5.74, 6) is 1.16. The zero-order valence-electron chi connectivity index (χ0n) is 17.0. The number of unbranched alkanes of at least 4 members (excludes halogenated alkanes) is 3. The highest BCUT2D eigenvalue weighted by atomic mass is 16.2. The van der Waals surface area contributed by atoms with Crippen molar-refractivity contribution in [2.45, 2.75) is 45.6 Å². The van der Waals surface area contributed by atoms with Crippen molar-refractivity contribution >= 4 is 28.8 Å². The van der Waals surface area contributed by atoms with Crippen molar-refractivity contribution in [3.63, 3.8) is 0 Å². The highest BCUT2D eigenvalue weighted by Crippen LogP contribution is 2.24. The third-order valence-corrected chi connectivity index (χ3v) is 5.22. The molecule has 0 atom stereocenters. The van der Waals surface area contributed by atoms with E-state index in [0.29, 0.717) is 18.6 Å². The zero-order chi connectivity index (χ0) is 19.9. The van der Waals surface area contributed by atoms with Crippen LogP contribution in [0.15, 0.2) is 6.33 Å². The van der Waals surface area contributed by atoms with Crippen LogP contribution in [-0.2, 0) is 11.3 Å². The molecule has 0 spiro atoms. The first-order valence-electron chi connectivity index (χ1n) is 10.3.